The molecule has 0 saturated carbocycles. The maximum Gasteiger partial charge on any atom is 0.351 e. The molecule has 1 amide bonds. The molecule has 1 aromatic heterocycles. The van der Waals surface area contributed by atoms with Gasteiger partial charge < -0.3 is 19.9 Å². The lowest BCUT2D eigenvalue weighted by Crippen LogP contribution is -2.31. The molecule has 4 atom stereocenters. The number of aliphatic hydroxyl groups is 1. The van der Waals surface area contributed by atoms with Crippen LogP contribution in [0.5, 0.6) is 0 Å². The first-order valence-electron chi connectivity index (χ1n) is 8.05. The van der Waals surface area contributed by atoms with Crippen molar-refractivity contribution >= 4 is 11.7 Å². The third-order valence-corrected chi connectivity index (χ3v) is 3.98. The topological polar surface area (TPSA) is 103 Å². The highest BCUT2D eigenvalue weighted by Gasteiger charge is 2.42. The Morgan fingerprint density at radius 3 is 2.83 bits per heavy atom. The molecule has 1 saturated heterocycles. The van der Waals surface area contributed by atoms with Gasteiger partial charge in [0, 0.05) is 25.6 Å². The van der Waals surface area contributed by atoms with E-state index >= 15 is 0 Å². The van der Waals surface area contributed by atoms with Crippen LogP contribution in [-0.4, -0.2) is 46.5 Å². The lowest BCUT2D eigenvalue weighted by Gasteiger charge is -2.18. The van der Waals surface area contributed by atoms with Gasteiger partial charge in [-0.3, -0.25) is 9.36 Å². The summed E-state index contributed by atoms with van der Waals surface area (Å²) >= 11 is 0. The van der Waals surface area contributed by atoms with Gasteiger partial charge in [-0.1, -0.05) is 20.8 Å². The van der Waals surface area contributed by atoms with Crippen LogP contribution in [-0.2, 0) is 14.3 Å². The summed E-state index contributed by atoms with van der Waals surface area (Å²) in [6.07, 6.45) is 0.0297. The van der Waals surface area contributed by atoms with Crippen molar-refractivity contribution in [3.8, 4) is 0 Å². The Balaban J connectivity index is 2.13. The van der Waals surface area contributed by atoms with Crippen LogP contribution in [0.2, 0.25) is 0 Å². The number of ether oxygens (including phenoxy) is 2. The normalized spacial score (nSPS) is 26.8. The first kappa shape index (κ1) is 18.6. The van der Waals surface area contributed by atoms with Crippen molar-refractivity contribution in [1.29, 1.82) is 0 Å². The average Bonchev–Trinajstić information content (AvgIpc) is 2.75. The first-order chi connectivity index (χ1) is 11.3. The molecule has 1 fully saturated rings. The van der Waals surface area contributed by atoms with Gasteiger partial charge in [0.1, 0.15) is 18.1 Å². The van der Waals surface area contributed by atoms with Gasteiger partial charge in [0.25, 0.3) is 0 Å². The number of aromatic nitrogens is 2. The minimum absolute atomic E-state index is 0.185. The molecule has 1 aromatic rings. The number of nitrogens with zero attached hydrogens (tertiary/aromatic N) is 2. The molecule has 0 aromatic carbocycles. The quantitative estimate of drug-likeness (QED) is 0.793. The fourth-order valence-electron chi connectivity index (χ4n) is 2.75. The SMILES string of the molecule is COC[C@H]1O[C@@H](n2ccc(NC(=O)CC(C)C)nc2=O)[C@H](C)C1O. The maximum atomic E-state index is 12.3. The van der Waals surface area contributed by atoms with E-state index in [4.69, 9.17) is 9.47 Å². The zero-order valence-corrected chi connectivity index (χ0v) is 14.4. The second kappa shape index (κ2) is 7.87. The first-order valence-corrected chi connectivity index (χ1v) is 8.05. The molecule has 1 aliphatic heterocycles. The van der Waals surface area contributed by atoms with E-state index in [0.29, 0.717) is 6.42 Å². The van der Waals surface area contributed by atoms with Crippen LogP contribution in [0.4, 0.5) is 5.82 Å². The second-order valence-corrected chi connectivity index (χ2v) is 6.52. The number of aliphatic hydroxyl groups excluding tert-OH is 1. The van der Waals surface area contributed by atoms with Crippen molar-refractivity contribution < 1.29 is 19.4 Å². The van der Waals surface area contributed by atoms with Crippen LogP contribution in [0.3, 0.4) is 0 Å². The van der Waals surface area contributed by atoms with Gasteiger partial charge in [-0.05, 0) is 12.0 Å². The largest absolute Gasteiger partial charge is 0.390 e. The van der Waals surface area contributed by atoms with Crippen LogP contribution >= 0.6 is 0 Å². The number of amides is 1. The number of rotatable bonds is 6. The molecule has 1 unspecified atom stereocenters. The number of carbonyl (C=O) groups excluding carboxylic acids is 1. The lowest BCUT2D eigenvalue weighted by atomic mass is 10.0. The van der Waals surface area contributed by atoms with Crippen LogP contribution in [0.15, 0.2) is 17.1 Å². The molecule has 0 spiro atoms. The molecular weight excluding hydrogens is 314 g/mol. The van der Waals surface area contributed by atoms with Crippen LogP contribution < -0.4 is 11.0 Å². The van der Waals surface area contributed by atoms with Crippen molar-refractivity contribution in [3.63, 3.8) is 0 Å². The third kappa shape index (κ3) is 4.19. The second-order valence-electron chi connectivity index (χ2n) is 6.52. The van der Waals surface area contributed by atoms with Crippen molar-refractivity contribution in [2.75, 3.05) is 19.0 Å². The molecule has 24 heavy (non-hydrogen) atoms. The molecule has 2 N–H and O–H groups in total. The summed E-state index contributed by atoms with van der Waals surface area (Å²) in [4.78, 5) is 27.9. The summed E-state index contributed by atoms with van der Waals surface area (Å²) < 4.78 is 12.1. The van der Waals surface area contributed by atoms with E-state index in [9.17, 15) is 14.7 Å². The fraction of sp³-hybridized carbons (Fsp3) is 0.688. The summed E-state index contributed by atoms with van der Waals surface area (Å²) in [6, 6.07) is 1.55. The Labute approximate surface area is 140 Å². The minimum Gasteiger partial charge on any atom is -0.390 e. The Kier molecular flexibility index (Phi) is 6.09. The molecule has 0 radical (unpaired) electrons. The van der Waals surface area contributed by atoms with Gasteiger partial charge in [0.2, 0.25) is 5.91 Å². The smallest absolute Gasteiger partial charge is 0.351 e. The van der Waals surface area contributed by atoms with Gasteiger partial charge >= 0.3 is 5.69 Å². The zero-order chi connectivity index (χ0) is 17.9. The molecule has 134 valence electrons. The summed E-state index contributed by atoms with van der Waals surface area (Å²) in [7, 11) is 1.52. The monoisotopic (exact) mass is 339 g/mol. The van der Waals surface area contributed by atoms with Gasteiger partial charge in [-0.2, -0.15) is 4.98 Å². The number of carbonyl (C=O) groups is 1. The zero-order valence-electron chi connectivity index (χ0n) is 14.4. The molecule has 8 heteroatoms. The molecule has 2 rings (SSSR count). The number of methoxy groups -OCH3 is 1. The van der Waals surface area contributed by atoms with Gasteiger partial charge in [0.05, 0.1) is 12.7 Å². The van der Waals surface area contributed by atoms with E-state index in [2.05, 4.69) is 10.3 Å². The number of anilines is 1. The standard InChI is InChI=1S/C16H25N3O5/c1-9(2)7-13(20)17-12-5-6-19(16(22)18-12)15-10(3)14(21)11(24-15)8-23-4/h5-6,9-11,14-15,21H,7-8H2,1-4H3,(H,17,18,20,22)/t10-,11-,14?,15-/m1/s1. The molecule has 0 bridgehead atoms. The van der Waals surface area contributed by atoms with Crippen molar-refractivity contribution in [3.05, 3.63) is 22.7 Å². The van der Waals surface area contributed by atoms with Gasteiger partial charge in [-0.25, -0.2) is 4.79 Å². The van der Waals surface area contributed by atoms with E-state index in [1.807, 2.05) is 13.8 Å². The Bertz CT molecular complexity index is 630. The average molecular weight is 339 g/mol. The molecular formula is C16H25N3O5. The van der Waals surface area contributed by atoms with E-state index in [1.165, 1.54) is 17.9 Å². The van der Waals surface area contributed by atoms with E-state index in [1.54, 1.807) is 13.0 Å². The number of nitrogens with one attached hydrogen (secondary N) is 1. The Hall–Kier alpha value is -1.77. The number of hydrogen-bond acceptors (Lipinski definition) is 6. The van der Waals surface area contributed by atoms with Crippen molar-refractivity contribution in [1.82, 2.24) is 9.55 Å². The minimum atomic E-state index is -0.729. The van der Waals surface area contributed by atoms with E-state index in [-0.39, 0.29) is 30.2 Å². The number of hydrogen-bond donors (Lipinski definition) is 2. The fourth-order valence-corrected chi connectivity index (χ4v) is 2.75. The van der Waals surface area contributed by atoms with Gasteiger partial charge in [-0.15, -0.1) is 0 Å². The Morgan fingerprint density at radius 1 is 1.54 bits per heavy atom. The molecule has 0 aliphatic carbocycles. The van der Waals surface area contributed by atoms with Crippen molar-refractivity contribution in [2.45, 2.75) is 45.6 Å². The summed E-state index contributed by atoms with van der Waals surface area (Å²) in [6.45, 7) is 5.92. The highest BCUT2D eigenvalue weighted by Crippen LogP contribution is 2.33. The van der Waals surface area contributed by atoms with E-state index in [0.717, 1.165) is 0 Å². The molecule has 2 heterocycles. The summed E-state index contributed by atoms with van der Waals surface area (Å²) in [5.74, 6) is -0.0411. The van der Waals surface area contributed by atoms with Crippen LogP contribution in [0, 0.1) is 11.8 Å². The van der Waals surface area contributed by atoms with Crippen LogP contribution in [0.25, 0.3) is 0 Å². The maximum absolute atomic E-state index is 12.3. The predicted molar refractivity (Wildman–Crippen MR) is 87.5 cm³/mol. The van der Waals surface area contributed by atoms with E-state index < -0.39 is 24.1 Å². The lowest BCUT2D eigenvalue weighted by molar-refractivity contribution is -0.116. The summed E-state index contributed by atoms with van der Waals surface area (Å²) in [5, 5.41) is 12.8. The van der Waals surface area contributed by atoms with Crippen molar-refractivity contribution in [2.24, 2.45) is 11.8 Å². The molecule has 1 aliphatic rings. The summed E-state index contributed by atoms with van der Waals surface area (Å²) in [5.41, 5.74) is -0.542. The Morgan fingerprint density at radius 2 is 2.25 bits per heavy atom. The highest BCUT2D eigenvalue weighted by atomic mass is 16.6. The highest BCUT2D eigenvalue weighted by molar-refractivity contribution is 5.89. The predicted octanol–water partition coefficient (Wildman–Crippen LogP) is 0.769. The molecule has 8 nitrogen and oxygen atoms in total. The van der Waals surface area contributed by atoms with Crippen LogP contribution in [0.1, 0.15) is 33.4 Å². The van der Waals surface area contributed by atoms with Gasteiger partial charge in [0.15, 0.2) is 0 Å². The third-order valence-electron chi connectivity index (χ3n) is 3.98.